The quantitative estimate of drug-likeness (QED) is 0.834. The molecule has 0 unspecified atom stereocenters. The van der Waals surface area contributed by atoms with Gasteiger partial charge in [0.25, 0.3) is 0 Å². The van der Waals surface area contributed by atoms with Gasteiger partial charge in [0, 0.05) is 45.0 Å². The third-order valence-electron chi connectivity index (χ3n) is 4.26. The van der Waals surface area contributed by atoms with Gasteiger partial charge in [0.05, 0.1) is 5.69 Å². The summed E-state index contributed by atoms with van der Waals surface area (Å²) in [4.78, 5) is 9.45. The van der Waals surface area contributed by atoms with Gasteiger partial charge in [-0.3, -0.25) is 14.8 Å². The van der Waals surface area contributed by atoms with Crippen molar-refractivity contribution < 1.29 is 5.11 Å². The predicted octanol–water partition coefficient (Wildman–Crippen LogP) is 2.00. The van der Waals surface area contributed by atoms with E-state index < -0.39 is 0 Å². The highest BCUT2D eigenvalue weighted by Gasteiger charge is 2.26. The zero-order valence-electron chi connectivity index (χ0n) is 13.4. The number of aromatic nitrogens is 1. The van der Waals surface area contributed by atoms with E-state index in [0.717, 1.165) is 50.8 Å². The van der Waals surface area contributed by atoms with Gasteiger partial charge in [0.15, 0.2) is 0 Å². The molecule has 21 heavy (non-hydrogen) atoms. The third kappa shape index (κ3) is 5.38. The Balaban J connectivity index is 1.88. The zero-order valence-corrected chi connectivity index (χ0v) is 13.4. The Bertz CT molecular complexity index is 396. The molecule has 0 aromatic carbocycles. The lowest BCUT2D eigenvalue weighted by atomic mass is 10.1. The van der Waals surface area contributed by atoms with E-state index in [4.69, 9.17) is 0 Å². The first-order valence-electron chi connectivity index (χ1n) is 8.16. The van der Waals surface area contributed by atoms with Crippen LogP contribution in [-0.2, 0) is 6.54 Å². The number of aliphatic hydroxyl groups excluding tert-OH is 1. The second kappa shape index (κ2) is 8.47. The minimum Gasteiger partial charge on any atom is -0.396 e. The number of aliphatic hydroxyl groups is 1. The van der Waals surface area contributed by atoms with E-state index in [2.05, 4.69) is 34.7 Å². The van der Waals surface area contributed by atoms with Gasteiger partial charge in [-0.25, -0.2) is 0 Å². The van der Waals surface area contributed by atoms with Gasteiger partial charge in [-0.1, -0.05) is 19.9 Å². The molecule has 1 aliphatic heterocycles. The number of hydrogen-bond donors (Lipinski definition) is 1. The van der Waals surface area contributed by atoms with Gasteiger partial charge < -0.3 is 5.11 Å². The van der Waals surface area contributed by atoms with Crippen LogP contribution in [0.5, 0.6) is 0 Å². The van der Waals surface area contributed by atoms with Gasteiger partial charge in [-0.15, -0.1) is 0 Å². The SMILES string of the molecule is CC(C)CCN1CCN(Cc2ccccn2)C[C@H]1CCO. The van der Waals surface area contributed by atoms with E-state index >= 15 is 0 Å². The van der Waals surface area contributed by atoms with Crippen molar-refractivity contribution in [2.45, 2.75) is 39.3 Å². The lowest BCUT2D eigenvalue weighted by molar-refractivity contribution is 0.0518. The maximum Gasteiger partial charge on any atom is 0.0543 e. The van der Waals surface area contributed by atoms with Crippen molar-refractivity contribution in [3.63, 3.8) is 0 Å². The van der Waals surface area contributed by atoms with Gasteiger partial charge in [-0.2, -0.15) is 0 Å². The van der Waals surface area contributed by atoms with Crippen LogP contribution in [0.3, 0.4) is 0 Å². The highest BCUT2D eigenvalue weighted by atomic mass is 16.3. The van der Waals surface area contributed by atoms with Crippen LogP contribution in [0.2, 0.25) is 0 Å². The average molecular weight is 291 g/mol. The largest absolute Gasteiger partial charge is 0.396 e. The lowest BCUT2D eigenvalue weighted by Gasteiger charge is -2.41. The summed E-state index contributed by atoms with van der Waals surface area (Å²) in [7, 11) is 0. The average Bonchev–Trinajstić information content (AvgIpc) is 2.48. The molecule has 1 fully saturated rings. The molecule has 118 valence electrons. The Morgan fingerprint density at radius 2 is 2.19 bits per heavy atom. The van der Waals surface area contributed by atoms with E-state index in [1.54, 1.807) is 0 Å². The van der Waals surface area contributed by atoms with Crippen LogP contribution in [0.15, 0.2) is 24.4 Å². The topological polar surface area (TPSA) is 39.6 Å². The molecular weight excluding hydrogens is 262 g/mol. The van der Waals surface area contributed by atoms with Crippen molar-refractivity contribution in [3.8, 4) is 0 Å². The van der Waals surface area contributed by atoms with Crippen LogP contribution < -0.4 is 0 Å². The Labute approximate surface area is 128 Å². The number of piperazine rings is 1. The highest BCUT2D eigenvalue weighted by Crippen LogP contribution is 2.16. The molecule has 0 radical (unpaired) electrons. The van der Waals surface area contributed by atoms with E-state index in [-0.39, 0.29) is 6.61 Å². The van der Waals surface area contributed by atoms with Gasteiger partial charge in [0.2, 0.25) is 0 Å². The number of nitrogens with zero attached hydrogens (tertiary/aromatic N) is 3. The summed E-state index contributed by atoms with van der Waals surface area (Å²) in [6.07, 6.45) is 3.97. The molecule has 2 rings (SSSR count). The first kappa shape index (κ1) is 16.4. The first-order chi connectivity index (χ1) is 10.2. The summed E-state index contributed by atoms with van der Waals surface area (Å²) in [5, 5.41) is 9.33. The molecule has 0 bridgehead atoms. The molecule has 1 aliphatic rings. The highest BCUT2D eigenvalue weighted by molar-refractivity contribution is 5.03. The lowest BCUT2D eigenvalue weighted by Crippen LogP contribution is -2.53. The Morgan fingerprint density at radius 3 is 2.86 bits per heavy atom. The molecular formula is C17H29N3O. The predicted molar refractivity (Wildman–Crippen MR) is 86.0 cm³/mol. The van der Waals surface area contributed by atoms with Crippen molar-refractivity contribution >= 4 is 0 Å². The van der Waals surface area contributed by atoms with E-state index in [1.807, 2.05) is 18.3 Å². The van der Waals surface area contributed by atoms with E-state index in [0.29, 0.717) is 6.04 Å². The van der Waals surface area contributed by atoms with Crippen LogP contribution in [-0.4, -0.2) is 58.7 Å². The number of pyridine rings is 1. The normalized spacial score (nSPS) is 21.0. The fourth-order valence-electron chi connectivity index (χ4n) is 2.96. The Hall–Kier alpha value is -0.970. The van der Waals surface area contributed by atoms with E-state index in [1.165, 1.54) is 6.42 Å². The summed E-state index contributed by atoms with van der Waals surface area (Å²) in [5.74, 6) is 0.742. The molecule has 0 amide bonds. The molecule has 4 nitrogen and oxygen atoms in total. The Kier molecular flexibility index (Phi) is 6.61. The van der Waals surface area contributed by atoms with Crippen LogP contribution in [0.25, 0.3) is 0 Å². The molecule has 0 spiro atoms. The van der Waals surface area contributed by atoms with Crippen LogP contribution in [0, 0.1) is 5.92 Å². The summed E-state index contributed by atoms with van der Waals surface area (Å²) >= 11 is 0. The maximum atomic E-state index is 9.33. The zero-order chi connectivity index (χ0) is 15.1. The summed E-state index contributed by atoms with van der Waals surface area (Å²) in [5.41, 5.74) is 1.14. The monoisotopic (exact) mass is 291 g/mol. The van der Waals surface area contributed by atoms with E-state index in [9.17, 15) is 5.11 Å². The number of hydrogen-bond acceptors (Lipinski definition) is 4. The number of rotatable bonds is 7. The maximum absolute atomic E-state index is 9.33. The van der Waals surface area contributed by atoms with Gasteiger partial charge >= 0.3 is 0 Å². The molecule has 1 N–H and O–H groups in total. The Morgan fingerprint density at radius 1 is 1.33 bits per heavy atom. The third-order valence-corrected chi connectivity index (χ3v) is 4.26. The smallest absolute Gasteiger partial charge is 0.0543 e. The van der Waals surface area contributed by atoms with Crippen molar-refractivity contribution in [3.05, 3.63) is 30.1 Å². The van der Waals surface area contributed by atoms with Crippen molar-refractivity contribution in [2.24, 2.45) is 5.92 Å². The van der Waals surface area contributed by atoms with Crippen molar-refractivity contribution in [1.29, 1.82) is 0 Å². The molecule has 1 aromatic rings. The fourth-order valence-corrected chi connectivity index (χ4v) is 2.96. The second-order valence-corrected chi connectivity index (χ2v) is 6.44. The minimum atomic E-state index is 0.278. The molecule has 4 heteroatoms. The van der Waals surface area contributed by atoms with Gasteiger partial charge in [-0.05, 0) is 37.4 Å². The molecule has 0 aliphatic carbocycles. The molecule has 1 aromatic heterocycles. The summed E-state index contributed by atoms with van der Waals surface area (Å²) in [6.45, 7) is 10.1. The standard InChI is InChI=1S/C17H29N3O/c1-15(2)6-9-20-11-10-19(14-17(20)7-12-21)13-16-5-3-4-8-18-16/h3-5,8,15,17,21H,6-7,9-14H2,1-2H3/t17-/m1/s1. The van der Waals surface area contributed by atoms with Crippen molar-refractivity contribution in [1.82, 2.24) is 14.8 Å². The fraction of sp³-hybridized carbons (Fsp3) is 0.706. The van der Waals surface area contributed by atoms with Crippen LogP contribution in [0.1, 0.15) is 32.4 Å². The van der Waals surface area contributed by atoms with Gasteiger partial charge in [0.1, 0.15) is 0 Å². The first-order valence-corrected chi connectivity index (χ1v) is 8.16. The van der Waals surface area contributed by atoms with Crippen LogP contribution >= 0.6 is 0 Å². The second-order valence-electron chi connectivity index (χ2n) is 6.44. The van der Waals surface area contributed by atoms with Crippen molar-refractivity contribution in [2.75, 3.05) is 32.8 Å². The minimum absolute atomic E-state index is 0.278. The van der Waals surface area contributed by atoms with Crippen LogP contribution in [0.4, 0.5) is 0 Å². The molecule has 1 saturated heterocycles. The summed E-state index contributed by atoms with van der Waals surface area (Å²) in [6, 6.07) is 6.58. The molecule has 0 saturated carbocycles. The molecule has 1 atom stereocenters. The summed E-state index contributed by atoms with van der Waals surface area (Å²) < 4.78 is 0. The molecule has 2 heterocycles.